The quantitative estimate of drug-likeness (QED) is 0.842. The number of fused-ring (bicyclic) bond motifs is 1. The molecule has 0 atom stereocenters. The van der Waals surface area contributed by atoms with Gasteiger partial charge in [-0.3, -0.25) is 0 Å². The van der Waals surface area contributed by atoms with E-state index >= 15 is 0 Å². The van der Waals surface area contributed by atoms with Gasteiger partial charge in [0.2, 0.25) is 0 Å². The second-order valence-corrected chi connectivity index (χ2v) is 5.25. The first-order chi connectivity index (χ1) is 7.97. The van der Waals surface area contributed by atoms with Gasteiger partial charge in [0.25, 0.3) is 0 Å². The van der Waals surface area contributed by atoms with Gasteiger partial charge in [0.1, 0.15) is 0 Å². The molecule has 2 heteroatoms. The second kappa shape index (κ2) is 4.19. The fourth-order valence-corrected chi connectivity index (χ4v) is 2.90. The Balaban J connectivity index is 2.95. The first kappa shape index (κ1) is 12.2. The first-order valence-corrected chi connectivity index (χ1v) is 6.25. The van der Waals surface area contributed by atoms with Gasteiger partial charge in [-0.1, -0.05) is 19.9 Å². The molecular weight excluding hydrogens is 208 g/mol. The van der Waals surface area contributed by atoms with Crippen LogP contribution >= 0.6 is 0 Å². The minimum Gasteiger partial charge on any atom is -0.346 e. The summed E-state index contributed by atoms with van der Waals surface area (Å²) in [5, 5.41) is 1.40. The van der Waals surface area contributed by atoms with Crippen LogP contribution in [-0.4, -0.2) is 4.57 Å². The summed E-state index contributed by atoms with van der Waals surface area (Å²) in [6.45, 7) is 9.44. The fourth-order valence-electron chi connectivity index (χ4n) is 2.90. The minimum absolute atomic E-state index is 0.513. The lowest BCUT2D eigenvalue weighted by Crippen LogP contribution is -2.06. The standard InChI is InChI=1S/C15H22N2/c1-9(2)14-13(8-16)17(5)12-7-10(3)6-11(4)15(12)14/h6-7,9H,8,16H2,1-5H3. The summed E-state index contributed by atoms with van der Waals surface area (Å²) in [4.78, 5) is 0. The van der Waals surface area contributed by atoms with Crippen LogP contribution in [0, 0.1) is 13.8 Å². The normalized spacial score (nSPS) is 11.7. The third-order valence-electron chi connectivity index (χ3n) is 3.58. The van der Waals surface area contributed by atoms with Gasteiger partial charge in [-0.15, -0.1) is 0 Å². The van der Waals surface area contributed by atoms with Crippen LogP contribution in [0.25, 0.3) is 10.9 Å². The van der Waals surface area contributed by atoms with Crippen molar-refractivity contribution in [3.8, 4) is 0 Å². The molecule has 2 nitrogen and oxygen atoms in total. The van der Waals surface area contributed by atoms with Crippen molar-refractivity contribution in [2.24, 2.45) is 12.8 Å². The van der Waals surface area contributed by atoms with Gasteiger partial charge in [-0.2, -0.15) is 0 Å². The fraction of sp³-hybridized carbons (Fsp3) is 0.467. The number of hydrogen-bond donors (Lipinski definition) is 1. The van der Waals surface area contributed by atoms with Crippen molar-refractivity contribution in [1.82, 2.24) is 4.57 Å². The number of hydrogen-bond acceptors (Lipinski definition) is 1. The summed E-state index contributed by atoms with van der Waals surface area (Å²) in [5.74, 6) is 0.513. The van der Waals surface area contributed by atoms with Crippen molar-refractivity contribution >= 4 is 10.9 Å². The molecule has 0 amide bonds. The molecule has 0 unspecified atom stereocenters. The molecule has 2 rings (SSSR count). The van der Waals surface area contributed by atoms with Crippen molar-refractivity contribution < 1.29 is 0 Å². The summed E-state index contributed by atoms with van der Waals surface area (Å²) in [6, 6.07) is 4.52. The van der Waals surface area contributed by atoms with Crippen LogP contribution < -0.4 is 5.73 Å². The maximum Gasteiger partial charge on any atom is 0.0488 e. The Morgan fingerprint density at radius 1 is 1.24 bits per heavy atom. The van der Waals surface area contributed by atoms with Gasteiger partial charge in [0.15, 0.2) is 0 Å². The summed E-state index contributed by atoms with van der Waals surface area (Å²) >= 11 is 0. The van der Waals surface area contributed by atoms with Crippen LogP contribution in [0.2, 0.25) is 0 Å². The highest BCUT2D eigenvalue weighted by atomic mass is 15.0. The lowest BCUT2D eigenvalue weighted by molar-refractivity contribution is 0.788. The predicted octanol–water partition coefficient (Wildman–Crippen LogP) is 3.38. The monoisotopic (exact) mass is 230 g/mol. The Labute approximate surface area is 103 Å². The summed E-state index contributed by atoms with van der Waals surface area (Å²) in [6.07, 6.45) is 0. The number of nitrogens with two attached hydrogens (primary N) is 1. The van der Waals surface area contributed by atoms with Gasteiger partial charge in [0, 0.05) is 30.2 Å². The van der Waals surface area contributed by atoms with E-state index in [-0.39, 0.29) is 0 Å². The van der Waals surface area contributed by atoms with E-state index in [0.29, 0.717) is 12.5 Å². The Bertz CT molecular complexity index is 562. The minimum atomic E-state index is 0.513. The van der Waals surface area contributed by atoms with E-state index in [0.717, 1.165) is 0 Å². The van der Waals surface area contributed by atoms with Crippen molar-refractivity contribution in [3.05, 3.63) is 34.5 Å². The van der Waals surface area contributed by atoms with Crippen molar-refractivity contribution in [2.45, 2.75) is 40.2 Å². The molecule has 0 radical (unpaired) electrons. The Hall–Kier alpha value is -1.28. The lowest BCUT2D eigenvalue weighted by Gasteiger charge is -2.09. The van der Waals surface area contributed by atoms with E-state index in [2.05, 4.69) is 51.4 Å². The topological polar surface area (TPSA) is 30.9 Å². The van der Waals surface area contributed by atoms with E-state index in [1.165, 1.54) is 33.3 Å². The van der Waals surface area contributed by atoms with Crippen LogP contribution in [-0.2, 0) is 13.6 Å². The van der Waals surface area contributed by atoms with Crippen LogP contribution in [0.4, 0.5) is 0 Å². The molecular formula is C15H22N2. The van der Waals surface area contributed by atoms with Crippen molar-refractivity contribution in [1.29, 1.82) is 0 Å². The molecule has 1 heterocycles. The average molecular weight is 230 g/mol. The Kier molecular flexibility index (Phi) is 3.00. The van der Waals surface area contributed by atoms with Crippen LogP contribution in [0.3, 0.4) is 0 Å². The second-order valence-electron chi connectivity index (χ2n) is 5.25. The van der Waals surface area contributed by atoms with Crippen molar-refractivity contribution in [2.75, 3.05) is 0 Å². The average Bonchev–Trinajstić information content (AvgIpc) is 2.52. The van der Waals surface area contributed by atoms with E-state index < -0.39 is 0 Å². The third kappa shape index (κ3) is 1.77. The zero-order valence-electron chi connectivity index (χ0n) is 11.5. The molecule has 0 saturated heterocycles. The van der Waals surface area contributed by atoms with Crippen LogP contribution in [0.15, 0.2) is 12.1 Å². The Morgan fingerprint density at radius 3 is 2.41 bits per heavy atom. The van der Waals surface area contributed by atoms with Crippen LogP contribution in [0.1, 0.15) is 42.1 Å². The smallest absolute Gasteiger partial charge is 0.0488 e. The lowest BCUT2D eigenvalue weighted by atomic mass is 9.96. The number of benzene rings is 1. The summed E-state index contributed by atoms with van der Waals surface area (Å²) in [5.41, 5.74) is 12.6. The molecule has 0 aliphatic carbocycles. The van der Waals surface area contributed by atoms with Gasteiger partial charge in [-0.25, -0.2) is 0 Å². The highest BCUT2D eigenvalue weighted by molar-refractivity contribution is 5.89. The SMILES string of the molecule is Cc1cc(C)c2c(C(C)C)c(CN)n(C)c2c1. The van der Waals surface area contributed by atoms with E-state index in [1.54, 1.807) is 0 Å². The molecule has 0 bridgehead atoms. The van der Waals surface area contributed by atoms with Crippen molar-refractivity contribution in [3.63, 3.8) is 0 Å². The molecule has 92 valence electrons. The summed E-state index contributed by atoms with van der Waals surface area (Å²) in [7, 11) is 2.12. The molecule has 0 aliphatic rings. The molecule has 0 saturated carbocycles. The predicted molar refractivity (Wildman–Crippen MR) is 74.4 cm³/mol. The van der Waals surface area contributed by atoms with Crippen LogP contribution in [0.5, 0.6) is 0 Å². The van der Waals surface area contributed by atoms with Gasteiger partial charge in [0.05, 0.1) is 0 Å². The zero-order chi connectivity index (χ0) is 12.7. The first-order valence-electron chi connectivity index (χ1n) is 6.25. The van der Waals surface area contributed by atoms with Gasteiger partial charge < -0.3 is 10.3 Å². The molecule has 2 aromatic rings. The highest BCUT2D eigenvalue weighted by Crippen LogP contribution is 2.34. The highest BCUT2D eigenvalue weighted by Gasteiger charge is 2.18. The molecule has 0 spiro atoms. The maximum absolute atomic E-state index is 5.92. The van der Waals surface area contributed by atoms with E-state index in [4.69, 9.17) is 5.73 Å². The van der Waals surface area contributed by atoms with Gasteiger partial charge in [-0.05, 0) is 42.5 Å². The Morgan fingerprint density at radius 2 is 1.88 bits per heavy atom. The number of rotatable bonds is 2. The third-order valence-corrected chi connectivity index (χ3v) is 3.58. The van der Waals surface area contributed by atoms with E-state index in [1.807, 2.05) is 0 Å². The molecule has 2 N–H and O–H groups in total. The molecule has 1 aromatic carbocycles. The largest absolute Gasteiger partial charge is 0.346 e. The number of aryl methyl sites for hydroxylation is 3. The van der Waals surface area contributed by atoms with E-state index in [9.17, 15) is 0 Å². The molecule has 0 fully saturated rings. The number of aromatic nitrogens is 1. The number of nitrogens with zero attached hydrogens (tertiary/aromatic N) is 1. The zero-order valence-corrected chi connectivity index (χ0v) is 11.5. The molecule has 1 aromatic heterocycles. The summed E-state index contributed by atoms with van der Waals surface area (Å²) < 4.78 is 2.25. The van der Waals surface area contributed by atoms with Gasteiger partial charge >= 0.3 is 0 Å². The molecule has 0 aliphatic heterocycles. The maximum atomic E-state index is 5.92. The molecule has 17 heavy (non-hydrogen) atoms.